The van der Waals surface area contributed by atoms with Crippen LogP contribution in [0.5, 0.6) is 0 Å². The number of aryl methyl sites for hydroxylation is 1. The number of hydrogen-bond acceptors (Lipinski definition) is 0. The Kier molecular flexibility index (Phi) is 14.8. The van der Waals surface area contributed by atoms with Gasteiger partial charge in [0.15, 0.2) is 0 Å². The van der Waals surface area contributed by atoms with Gasteiger partial charge in [-0.05, 0) is 35.1 Å². The Morgan fingerprint density at radius 1 is 0.682 bits per heavy atom. The summed E-state index contributed by atoms with van der Waals surface area (Å²) in [6.07, 6.45) is 0. The Labute approximate surface area is 141 Å². The van der Waals surface area contributed by atoms with Crippen molar-refractivity contribution < 1.29 is 1.43 Å². The van der Waals surface area contributed by atoms with Crippen LogP contribution in [0.25, 0.3) is 11.1 Å². The van der Waals surface area contributed by atoms with Gasteiger partial charge in [0.1, 0.15) is 0 Å². The molecule has 0 nitrogen and oxygen atoms in total. The van der Waals surface area contributed by atoms with Crippen LogP contribution in [-0.2, 0) is 0 Å². The highest BCUT2D eigenvalue weighted by molar-refractivity contribution is 5.69. The van der Waals surface area contributed by atoms with Gasteiger partial charge in [-0.15, -0.1) is 0 Å². The summed E-state index contributed by atoms with van der Waals surface area (Å²) in [6.45, 7) is 18.7. The van der Waals surface area contributed by atoms with E-state index in [0.717, 1.165) is 0 Å². The molecule has 0 N–H and O–H groups in total. The molecule has 2 aromatic rings. The van der Waals surface area contributed by atoms with Gasteiger partial charge in [0.05, 0.1) is 0 Å². The lowest BCUT2D eigenvalue weighted by molar-refractivity contribution is 0.859. The lowest BCUT2D eigenvalue weighted by atomic mass is 9.89. The predicted octanol–water partition coefficient (Wildman–Crippen LogP) is 8.11. The van der Waals surface area contributed by atoms with Crippen molar-refractivity contribution in [1.29, 1.82) is 0 Å². The lowest BCUT2D eigenvalue weighted by Gasteiger charge is -2.16. The van der Waals surface area contributed by atoms with Crippen LogP contribution in [0.1, 0.15) is 73.9 Å². The van der Waals surface area contributed by atoms with Crippen LogP contribution in [0.3, 0.4) is 0 Å². The number of benzene rings is 2. The Morgan fingerprint density at radius 2 is 1.18 bits per heavy atom. The van der Waals surface area contributed by atoms with Gasteiger partial charge in [0.25, 0.3) is 0 Å². The molecule has 0 aliphatic carbocycles. The fourth-order valence-corrected chi connectivity index (χ4v) is 2.32. The van der Waals surface area contributed by atoms with Crippen molar-refractivity contribution in [2.45, 2.75) is 68.2 Å². The van der Waals surface area contributed by atoms with E-state index in [1.165, 1.54) is 22.3 Å². The maximum atomic E-state index is 2.26. The van der Waals surface area contributed by atoms with Crippen molar-refractivity contribution in [3.8, 4) is 11.1 Å². The zero-order chi connectivity index (χ0) is 17.5. The second-order valence-corrected chi connectivity index (χ2v) is 4.56. The highest BCUT2D eigenvalue weighted by Gasteiger charge is 2.10. The van der Waals surface area contributed by atoms with Crippen LogP contribution in [0.15, 0.2) is 48.5 Å². The predicted molar refractivity (Wildman–Crippen MR) is 107 cm³/mol. The second kappa shape index (κ2) is 14.4. The summed E-state index contributed by atoms with van der Waals surface area (Å²) in [7, 11) is 0. The average Bonchev–Trinajstić information content (AvgIpc) is 2.60. The van der Waals surface area contributed by atoms with Gasteiger partial charge in [-0.3, -0.25) is 0 Å². The second-order valence-electron chi connectivity index (χ2n) is 4.56. The molecule has 0 atom stereocenters. The molecule has 0 aromatic heterocycles. The molecule has 0 aliphatic rings. The summed E-state index contributed by atoms with van der Waals surface area (Å²) < 4.78 is 0. The Balaban J connectivity index is -0.000000514. The van der Waals surface area contributed by atoms with E-state index in [4.69, 9.17) is 0 Å². The number of rotatable bonds is 2. The van der Waals surface area contributed by atoms with Gasteiger partial charge in [-0.25, -0.2) is 0 Å². The molecule has 22 heavy (non-hydrogen) atoms. The van der Waals surface area contributed by atoms with Gasteiger partial charge in [-0.1, -0.05) is 104 Å². The normalized spacial score (nSPS) is 8.64. The van der Waals surface area contributed by atoms with Gasteiger partial charge >= 0.3 is 0 Å². The average molecular weight is 304 g/mol. The molecule has 0 radical (unpaired) electrons. The van der Waals surface area contributed by atoms with E-state index in [1.807, 2.05) is 41.5 Å². The summed E-state index contributed by atoms with van der Waals surface area (Å²) in [5.41, 5.74) is 5.54. The summed E-state index contributed by atoms with van der Waals surface area (Å²) in [5, 5.41) is 0. The third-order valence-electron chi connectivity index (χ3n) is 2.99. The standard InChI is InChI=1S/C16H18.3C2H6.H2/c1-12(2)16-13(3)8-7-11-15(16)14-9-5-4-6-10-14;3*1-2;/h4-12H,1-3H3;3*1-2H3;1H/i;;;;1+1. The zero-order valence-corrected chi connectivity index (χ0v) is 16.2. The molecule has 0 aliphatic heterocycles. The van der Waals surface area contributed by atoms with Gasteiger partial charge < -0.3 is 0 Å². The SMILES string of the molecule is CC.CC.CC.Cc1cccc(-c2ccccc2)c1C(C)C.[2HH]. The van der Waals surface area contributed by atoms with Crippen LogP contribution in [0, 0.1) is 6.92 Å². The molecular formula is C22H38. The van der Waals surface area contributed by atoms with E-state index in [9.17, 15) is 0 Å². The molecular weight excluding hydrogens is 264 g/mol. The number of hydrogen-bond donors (Lipinski definition) is 0. The minimum atomic E-state index is 0. The first-order valence-electron chi connectivity index (χ1n) is 8.85. The maximum Gasteiger partial charge on any atom is 0 e. The highest BCUT2D eigenvalue weighted by Crippen LogP contribution is 2.31. The van der Waals surface area contributed by atoms with Crippen molar-refractivity contribution in [2.24, 2.45) is 0 Å². The van der Waals surface area contributed by atoms with E-state index >= 15 is 0 Å². The smallest absolute Gasteiger partial charge is 0 e. The molecule has 0 amide bonds. The molecule has 0 bridgehead atoms. The molecule has 0 unspecified atom stereocenters. The molecule has 0 heterocycles. The molecule has 0 saturated carbocycles. The van der Waals surface area contributed by atoms with Crippen molar-refractivity contribution in [2.75, 3.05) is 0 Å². The lowest BCUT2D eigenvalue weighted by Crippen LogP contribution is -1.95. The van der Waals surface area contributed by atoms with E-state index in [1.54, 1.807) is 0 Å². The van der Waals surface area contributed by atoms with E-state index in [-0.39, 0.29) is 1.43 Å². The van der Waals surface area contributed by atoms with Crippen molar-refractivity contribution in [3.05, 3.63) is 59.7 Å². The molecule has 2 rings (SSSR count). The Morgan fingerprint density at radius 3 is 1.64 bits per heavy atom. The van der Waals surface area contributed by atoms with Crippen LogP contribution < -0.4 is 0 Å². The quantitative estimate of drug-likeness (QED) is 0.525. The Hall–Kier alpha value is -1.56. The van der Waals surface area contributed by atoms with Crippen molar-refractivity contribution in [1.82, 2.24) is 0 Å². The molecule has 2 aromatic carbocycles. The minimum Gasteiger partial charge on any atom is -0.0683 e. The van der Waals surface area contributed by atoms with Gasteiger partial charge in [-0.2, -0.15) is 0 Å². The molecule has 0 heteroatoms. The van der Waals surface area contributed by atoms with Crippen LogP contribution >= 0.6 is 0 Å². The molecule has 126 valence electrons. The van der Waals surface area contributed by atoms with Crippen LogP contribution in [0.4, 0.5) is 0 Å². The summed E-state index contributed by atoms with van der Waals surface area (Å²) in [6, 6.07) is 17.2. The van der Waals surface area contributed by atoms with Gasteiger partial charge in [0, 0.05) is 1.43 Å². The molecule has 0 spiro atoms. The summed E-state index contributed by atoms with van der Waals surface area (Å²) >= 11 is 0. The Bertz CT molecular complexity index is 473. The zero-order valence-electron chi connectivity index (χ0n) is 16.2. The van der Waals surface area contributed by atoms with Crippen molar-refractivity contribution >= 4 is 0 Å². The maximum absolute atomic E-state index is 2.26. The summed E-state index contributed by atoms with van der Waals surface area (Å²) in [4.78, 5) is 0. The van der Waals surface area contributed by atoms with Crippen LogP contribution in [-0.4, -0.2) is 0 Å². The highest BCUT2D eigenvalue weighted by atomic mass is 14.1. The first-order valence-corrected chi connectivity index (χ1v) is 8.85. The first-order chi connectivity index (χ1) is 10.7. The molecule has 0 fully saturated rings. The van der Waals surface area contributed by atoms with Crippen molar-refractivity contribution in [3.63, 3.8) is 0 Å². The topological polar surface area (TPSA) is 0 Å². The fourth-order valence-electron chi connectivity index (χ4n) is 2.32. The largest absolute Gasteiger partial charge is 0.0683 e. The third kappa shape index (κ3) is 6.93. The summed E-state index contributed by atoms with van der Waals surface area (Å²) in [5.74, 6) is 0.566. The van der Waals surface area contributed by atoms with E-state index in [0.29, 0.717) is 5.92 Å². The monoisotopic (exact) mass is 303 g/mol. The molecule has 0 saturated heterocycles. The van der Waals surface area contributed by atoms with Crippen LogP contribution in [0.2, 0.25) is 0 Å². The van der Waals surface area contributed by atoms with Gasteiger partial charge in [0.2, 0.25) is 0 Å². The van der Waals surface area contributed by atoms with E-state index in [2.05, 4.69) is 69.3 Å². The fraction of sp³-hybridized carbons (Fsp3) is 0.455. The third-order valence-corrected chi connectivity index (χ3v) is 2.99. The minimum absolute atomic E-state index is 0. The van der Waals surface area contributed by atoms with E-state index < -0.39 is 0 Å². The first kappa shape index (κ1) is 22.7.